The van der Waals surface area contributed by atoms with Crippen LogP contribution in [0.3, 0.4) is 0 Å². The van der Waals surface area contributed by atoms with Crippen LogP contribution in [-0.2, 0) is 6.42 Å². The quantitative estimate of drug-likeness (QED) is 0.871. The number of halogens is 2. The Morgan fingerprint density at radius 3 is 2.91 bits per heavy atom. The Morgan fingerprint density at radius 1 is 1.32 bits per heavy atom. The van der Waals surface area contributed by atoms with Gasteiger partial charge in [-0.15, -0.1) is 0 Å². The highest BCUT2D eigenvalue weighted by Gasteiger charge is 2.29. The number of nitrogens with zero attached hydrogens (tertiary/aromatic N) is 3. The smallest absolute Gasteiger partial charge is 0.319 e. The highest BCUT2D eigenvalue weighted by atomic mass is 19.3. The third-order valence-electron chi connectivity index (χ3n) is 4.01. The number of hydrogen-bond donors (Lipinski definition) is 0. The number of amides is 1. The van der Waals surface area contributed by atoms with Crippen LogP contribution in [0.5, 0.6) is 0 Å². The standard InChI is InChI=1S/C16H17F2N3O/c17-16(18)21-8-3-5-14(21)15(22)20-9-6-12(11-20)10-13-4-1-2-7-19-13/h1-5,7-8,12,16H,6,9-11H2. The van der Waals surface area contributed by atoms with Crippen molar-refractivity contribution in [3.8, 4) is 0 Å². The van der Waals surface area contributed by atoms with E-state index in [-0.39, 0.29) is 11.6 Å². The number of likely N-dealkylation sites (tertiary alicyclic amines) is 1. The highest BCUT2D eigenvalue weighted by molar-refractivity contribution is 5.93. The maximum atomic E-state index is 12.9. The molecule has 2 aromatic rings. The molecule has 3 rings (SSSR count). The summed E-state index contributed by atoms with van der Waals surface area (Å²) in [6.45, 7) is -1.50. The number of rotatable bonds is 4. The van der Waals surface area contributed by atoms with E-state index in [1.54, 1.807) is 11.1 Å². The molecule has 0 spiro atoms. The van der Waals surface area contributed by atoms with Crippen LogP contribution in [0.4, 0.5) is 8.78 Å². The predicted octanol–water partition coefficient (Wildman–Crippen LogP) is 2.98. The highest BCUT2D eigenvalue weighted by Crippen LogP contribution is 2.23. The summed E-state index contributed by atoms with van der Waals surface area (Å²) in [5.74, 6) is 0.00244. The Kier molecular flexibility index (Phi) is 4.18. The van der Waals surface area contributed by atoms with E-state index < -0.39 is 6.55 Å². The third-order valence-corrected chi connectivity index (χ3v) is 4.01. The second-order valence-electron chi connectivity index (χ2n) is 5.51. The molecule has 0 aromatic carbocycles. The topological polar surface area (TPSA) is 38.1 Å². The zero-order chi connectivity index (χ0) is 15.5. The van der Waals surface area contributed by atoms with Crippen molar-refractivity contribution in [3.05, 3.63) is 54.1 Å². The molecule has 2 aromatic heterocycles. The van der Waals surface area contributed by atoms with Crippen LogP contribution >= 0.6 is 0 Å². The summed E-state index contributed by atoms with van der Waals surface area (Å²) in [6, 6.07) is 8.69. The van der Waals surface area contributed by atoms with Crippen LogP contribution in [0, 0.1) is 5.92 Å². The normalized spacial score (nSPS) is 18.1. The molecule has 6 heteroatoms. The van der Waals surface area contributed by atoms with E-state index in [1.807, 2.05) is 18.2 Å². The number of aromatic nitrogens is 2. The van der Waals surface area contributed by atoms with E-state index >= 15 is 0 Å². The van der Waals surface area contributed by atoms with Crippen molar-refractivity contribution in [1.82, 2.24) is 14.5 Å². The van der Waals surface area contributed by atoms with Crippen molar-refractivity contribution in [3.63, 3.8) is 0 Å². The first kappa shape index (κ1) is 14.7. The van der Waals surface area contributed by atoms with Gasteiger partial charge >= 0.3 is 6.55 Å². The Morgan fingerprint density at radius 2 is 2.18 bits per heavy atom. The predicted molar refractivity (Wildman–Crippen MR) is 77.6 cm³/mol. The molecule has 3 heterocycles. The van der Waals surface area contributed by atoms with Crippen molar-refractivity contribution in [2.45, 2.75) is 19.4 Å². The maximum Gasteiger partial charge on any atom is 0.319 e. The minimum absolute atomic E-state index is 0.0495. The first-order chi connectivity index (χ1) is 10.6. The lowest BCUT2D eigenvalue weighted by Crippen LogP contribution is -2.30. The van der Waals surface area contributed by atoms with Gasteiger partial charge in [0.25, 0.3) is 5.91 Å². The average Bonchev–Trinajstić information content (AvgIpc) is 3.16. The van der Waals surface area contributed by atoms with Gasteiger partial charge in [-0.05, 0) is 43.0 Å². The van der Waals surface area contributed by atoms with Crippen molar-refractivity contribution in [1.29, 1.82) is 0 Å². The fourth-order valence-electron chi connectivity index (χ4n) is 2.91. The van der Waals surface area contributed by atoms with E-state index in [0.717, 1.165) is 18.5 Å². The zero-order valence-corrected chi connectivity index (χ0v) is 12.0. The first-order valence-corrected chi connectivity index (χ1v) is 7.29. The number of alkyl halides is 2. The molecule has 0 N–H and O–H groups in total. The van der Waals surface area contributed by atoms with Gasteiger partial charge in [-0.25, -0.2) is 0 Å². The summed E-state index contributed by atoms with van der Waals surface area (Å²) in [5.41, 5.74) is 1.05. The summed E-state index contributed by atoms with van der Waals surface area (Å²) in [7, 11) is 0. The lowest BCUT2D eigenvalue weighted by atomic mass is 10.0. The molecule has 1 fully saturated rings. The molecule has 1 amide bonds. The van der Waals surface area contributed by atoms with Crippen LogP contribution in [0.1, 0.15) is 29.2 Å². The largest absolute Gasteiger partial charge is 0.337 e. The van der Waals surface area contributed by atoms with Gasteiger partial charge in [0.05, 0.1) is 0 Å². The molecule has 0 aliphatic carbocycles. The van der Waals surface area contributed by atoms with Gasteiger partial charge < -0.3 is 4.90 Å². The fraction of sp³-hybridized carbons (Fsp3) is 0.375. The number of carbonyl (C=O) groups excluding carboxylic acids is 1. The van der Waals surface area contributed by atoms with Crippen molar-refractivity contribution in [2.75, 3.05) is 13.1 Å². The molecule has 116 valence electrons. The lowest BCUT2D eigenvalue weighted by molar-refractivity contribution is 0.0579. The molecule has 4 nitrogen and oxygen atoms in total. The van der Waals surface area contributed by atoms with Gasteiger partial charge in [-0.2, -0.15) is 8.78 Å². The summed E-state index contributed by atoms with van der Waals surface area (Å²) >= 11 is 0. The van der Waals surface area contributed by atoms with E-state index in [1.165, 1.54) is 18.3 Å². The molecule has 1 aliphatic rings. The van der Waals surface area contributed by atoms with Crippen LogP contribution < -0.4 is 0 Å². The third kappa shape index (κ3) is 3.00. The van der Waals surface area contributed by atoms with E-state index in [0.29, 0.717) is 23.6 Å². The van der Waals surface area contributed by atoms with E-state index in [9.17, 15) is 13.6 Å². The Balaban J connectivity index is 1.65. The molecule has 1 aliphatic heterocycles. The summed E-state index contributed by atoms with van der Waals surface area (Å²) in [4.78, 5) is 18.3. The van der Waals surface area contributed by atoms with Crippen LogP contribution in [0.15, 0.2) is 42.7 Å². The van der Waals surface area contributed by atoms with Gasteiger partial charge in [0, 0.05) is 31.2 Å². The first-order valence-electron chi connectivity index (χ1n) is 7.29. The zero-order valence-electron chi connectivity index (χ0n) is 12.0. The van der Waals surface area contributed by atoms with Crippen LogP contribution in [0.2, 0.25) is 0 Å². The lowest BCUT2D eigenvalue weighted by Gasteiger charge is -2.17. The second kappa shape index (κ2) is 6.25. The summed E-state index contributed by atoms with van der Waals surface area (Å²) in [6.07, 6.45) is 4.67. The fourth-order valence-corrected chi connectivity index (χ4v) is 2.91. The molecule has 1 saturated heterocycles. The van der Waals surface area contributed by atoms with Gasteiger partial charge in [-0.1, -0.05) is 6.07 Å². The maximum absolute atomic E-state index is 12.9. The van der Waals surface area contributed by atoms with Gasteiger partial charge in [0.15, 0.2) is 0 Å². The average molecular weight is 305 g/mol. The summed E-state index contributed by atoms with van der Waals surface area (Å²) in [5, 5.41) is 0. The monoisotopic (exact) mass is 305 g/mol. The Labute approximate surface area is 127 Å². The molecule has 1 unspecified atom stereocenters. The van der Waals surface area contributed by atoms with Gasteiger partial charge in [0.2, 0.25) is 0 Å². The number of hydrogen-bond acceptors (Lipinski definition) is 2. The van der Waals surface area contributed by atoms with Crippen molar-refractivity contribution in [2.24, 2.45) is 5.92 Å². The Bertz CT molecular complexity index is 642. The molecule has 0 radical (unpaired) electrons. The Hall–Kier alpha value is -2.24. The van der Waals surface area contributed by atoms with E-state index in [4.69, 9.17) is 0 Å². The van der Waals surface area contributed by atoms with Gasteiger partial charge in [0.1, 0.15) is 5.69 Å². The van der Waals surface area contributed by atoms with Crippen molar-refractivity contribution < 1.29 is 13.6 Å². The molecular weight excluding hydrogens is 288 g/mol. The number of pyridine rings is 1. The number of carbonyl (C=O) groups is 1. The van der Waals surface area contributed by atoms with Gasteiger partial charge in [-0.3, -0.25) is 14.3 Å². The molecular formula is C16H17F2N3O. The van der Waals surface area contributed by atoms with E-state index in [2.05, 4.69) is 4.98 Å². The molecule has 22 heavy (non-hydrogen) atoms. The van der Waals surface area contributed by atoms with Crippen LogP contribution in [0.25, 0.3) is 0 Å². The summed E-state index contributed by atoms with van der Waals surface area (Å²) < 4.78 is 26.4. The molecule has 1 atom stereocenters. The minimum Gasteiger partial charge on any atom is -0.337 e. The second-order valence-corrected chi connectivity index (χ2v) is 5.51. The molecule has 0 bridgehead atoms. The minimum atomic E-state index is -2.69. The van der Waals surface area contributed by atoms with Crippen LogP contribution in [-0.4, -0.2) is 33.4 Å². The SMILES string of the molecule is O=C(c1cccn1C(F)F)N1CCC(Cc2ccccn2)C1. The van der Waals surface area contributed by atoms with Crippen molar-refractivity contribution >= 4 is 5.91 Å². The molecule has 0 saturated carbocycles.